The molecule has 0 aromatic carbocycles. The van der Waals surface area contributed by atoms with E-state index in [-0.39, 0.29) is 12.8 Å². The van der Waals surface area contributed by atoms with Crippen molar-refractivity contribution in [3.63, 3.8) is 0 Å². The monoisotopic (exact) mass is 271 g/mol. The maximum absolute atomic E-state index is 10.4. The Morgan fingerprint density at radius 2 is 2.50 bits per heavy atom. The highest BCUT2D eigenvalue weighted by atomic mass is 35.5. The quantitative estimate of drug-likeness (QED) is 0.492. The van der Waals surface area contributed by atoms with Gasteiger partial charge in [-0.2, -0.15) is 0 Å². The molecule has 0 radical (unpaired) electrons. The van der Waals surface area contributed by atoms with Crippen molar-refractivity contribution in [2.24, 2.45) is 5.10 Å². The van der Waals surface area contributed by atoms with Crippen molar-refractivity contribution in [3.05, 3.63) is 39.2 Å². The first-order valence-corrected chi connectivity index (χ1v) is 5.45. The minimum atomic E-state index is -0.784. The predicted molar refractivity (Wildman–Crippen MR) is 63.2 cm³/mol. The van der Waals surface area contributed by atoms with Crippen molar-refractivity contribution in [1.29, 1.82) is 0 Å². The Balaban J connectivity index is 2.10. The molecule has 2 rings (SSSR count). The van der Waals surface area contributed by atoms with Gasteiger partial charge in [-0.05, 0) is 11.6 Å². The van der Waals surface area contributed by atoms with E-state index in [2.05, 4.69) is 15.4 Å². The number of amidine groups is 1. The smallest absolute Gasteiger partial charge is 0.364 e. The molecule has 1 aliphatic heterocycles. The molecule has 96 valence electrons. The van der Waals surface area contributed by atoms with E-state index in [1.807, 2.05) is 0 Å². The van der Waals surface area contributed by atoms with E-state index in [1.54, 1.807) is 23.2 Å². The van der Waals surface area contributed by atoms with Crippen molar-refractivity contribution < 1.29 is 9.77 Å². The number of hydrogen-bond donors (Lipinski definition) is 1. The van der Waals surface area contributed by atoms with Crippen molar-refractivity contribution in [3.8, 4) is 0 Å². The summed E-state index contributed by atoms with van der Waals surface area (Å²) in [6, 6.07) is 3.42. The van der Waals surface area contributed by atoms with Crippen molar-refractivity contribution in [2.45, 2.75) is 6.54 Å². The number of hydrogen-bond acceptors (Lipinski definition) is 5. The molecule has 8 nitrogen and oxygen atoms in total. The zero-order chi connectivity index (χ0) is 13.0. The summed E-state index contributed by atoms with van der Waals surface area (Å²) in [5, 5.41) is 16.1. The molecule has 0 spiro atoms. The molecule has 18 heavy (non-hydrogen) atoms. The first-order chi connectivity index (χ1) is 8.65. The normalized spacial score (nSPS) is 17.6. The second-order valence-corrected chi connectivity index (χ2v) is 3.89. The highest BCUT2D eigenvalue weighted by molar-refractivity contribution is 6.29. The van der Waals surface area contributed by atoms with Gasteiger partial charge in [-0.1, -0.05) is 17.7 Å². The molecule has 0 amide bonds. The van der Waals surface area contributed by atoms with Crippen molar-refractivity contribution in [2.75, 3.05) is 13.4 Å². The van der Waals surface area contributed by atoms with Crippen LogP contribution in [0.15, 0.2) is 23.4 Å². The number of halogens is 1. The molecule has 2 heterocycles. The second kappa shape index (κ2) is 5.61. The summed E-state index contributed by atoms with van der Waals surface area (Å²) < 4.78 is 5.07. The van der Waals surface area contributed by atoms with E-state index in [9.17, 15) is 10.1 Å². The molecule has 1 N–H and O–H groups in total. The van der Waals surface area contributed by atoms with Gasteiger partial charge in [0.25, 0.3) is 0 Å². The van der Waals surface area contributed by atoms with Gasteiger partial charge in [-0.25, -0.2) is 15.1 Å². The van der Waals surface area contributed by atoms with E-state index < -0.39 is 5.03 Å². The van der Waals surface area contributed by atoms with Crippen LogP contribution >= 0.6 is 11.6 Å². The average molecular weight is 272 g/mol. The van der Waals surface area contributed by atoms with Gasteiger partial charge >= 0.3 is 6.02 Å². The summed E-state index contributed by atoms with van der Waals surface area (Å²) in [6.45, 7) is 1.00. The standard InChI is InChI=1S/C9H10ClN5O3/c10-8-2-1-7(3-12-8)4-14-5-11-6-18-9(14)13-15(16)17/h1-3,11H,4-6H2. The number of rotatable bonds is 3. The number of nitrogens with one attached hydrogen (secondary N) is 1. The Morgan fingerprint density at radius 3 is 3.17 bits per heavy atom. The molecule has 1 fully saturated rings. The number of ether oxygens (including phenoxy) is 1. The molecule has 1 saturated heterocycles. The van der Waals surface area contributed by atoms with Gasteiger partial charge in [0.2, 0.25) is 0 Å². The van der Waals surface area contributed by atoms with Crippen molar-refractivity contribution in [1.82, 2.24) is 15.2 Å². The summed E-state index contributed by atoms with van der Waals surface area (Å²) in [5.41, 5.74) is 0.850. The lowest BCUT2D eigenvalue weighted by atomic mass is 10.3. The fourth-order valence-corrected chi connectivity index (χ4v) is 1.57. The Kier molecular flexibility index (Phi) is 3.90. The molecular weight excluding hydrogens is 262 g/mol. The molecule has 0 aliphatic carbocycles. The molecule has 1 aliphatic rings. The van der Waals surface area contributed by atoms with Gasteiger partial charge < -0.3 is 9.64 Å². The zero-order valence-corrected chi connectivity index (χ0v) is 10.0. The maximum atomic E-state index is 10.4. The summed E-state index contributed by atoms with van der Waals surface area (Å²) >= 11 is 5.68. The molecule has 0 bridgehead atoms. The Morgan fingerprint density at radius 1 is 1.67 bits per heavy atom. The summed E-state index contributed by atoms with van der Waals surface area (Å²) in [6.07, 6.45) is 1.60. The fraction of sp³-hybridized carbons (Fsp3) is 0.333. The minimum Gasteiger partial charge on any atom is -0.445 e. The lowest BCUT2D eigenvalue weighted by Gasteiger charge is -2.28. The third-order valence-corrected chi connectivity index (χ3v) is 2.43. The van der Waals surface area contributed by atoms with Crippen molar-refractivity contribution >= 4 is 17.6 Å². The van der Waals surface area contributed by atoms with Gasteiger partial charge in [0.1, 0.15) is 17.0 Å². The predicted octanol–water partition coefficient (Wildman–Crippen LogP) is 0.619. The van der Waals surface area contributed by atoms with Crippen LogP contribution in [0.3, 0.4) is 0 Å². The minimum absolute atomic E-state index is 0.0197. The second-order valence-electron chi connectivity index (χ2n) is 3.50. The third-order valence-electron chi connectivity index (χ3n) is 2.21. The van der Waals surface area contributed by atoms with Crippen LogP contribution in [0.4, 0.5) is 0 Å². The van der Waals surface area contributed by atoms with Gasteiger partial charge in [-0.3, -0.25) is 5.32 Å². The van der Waals surface area contributed by atoms with E-state index in [0.29, 0.717) is 18.4 Å². The van der Waals surface area contributed by atoms with E-state index in [4.69, 9.17) is 16.3 Å². The topological polar surface area (TPSA) is 92.9 Å². The van der Waals surface area contributed by atoms with Crippen LogP contribution in [0.5, 0.6) is 0 Å². The Hall–Kier alpha value is -1.93. The average Bonchev–Trinajstić information content (AvgIpc) is 2.34. The Labute approximate surface area is 107 Å². The molecule has 0 saturated carbocycles. The van der Waals surface area contributed by atoms with Crippen LogP contribution < -0.4 is 5.32 Å². The largest absolute Gasteiger partial charge is 0.445 e. The fourth-order valence-electron chi connectivity index (χ4n) is 1.46. The molecule has 1 aromatic rings. The van der Waals surface area contributed by atoms with Crippen LogP contribution in [0.1, 0.15) is 5.56 Å². The molecule has 9 heteroatoms. The number of nitrogens with zero attached hydrogens (tertiary/aromatic N) is 4. The maximum Gasteiger partial charge on any atom is 0.364 e. The highest BCUT2D eigenvalue weighted by Crippen LogP contribution is 2.10. The van der Waals surface area contributed by atoms with E-state index >= 15 is 0 Å². The van der Waals surface area contributed by atoms with Gasteiger partial charge in [0.15, 0.2) is 5.03 Å². The van der Waals surface area contributed by atoms with E-state index in [1.165, 1.54) is 0 Å². The first-order valence-electron chi connectivity index (χ1n) is 5.07. The first kappa shape index (κ1) is 12.5. The molecule has 0 unspecified atom stereocenters. The third kappa shape index (κ3) is 3.28. The number of hydrazone groups is 1. The van der Waals surface area contributed by atoms with Gasteiger partial charge in [-0.15, -0.1) is 0 Å². The Bertz CT molecular complexity index is 464. The summed E-state index contributed by atoms with van der Waals surface area (Å²) in [7, 11) is 0. The van der Waals surface area contributed by atoms with Gasteiger partial charge in [0, 0.05) is 6.20 Å². The number of pyridine rings is 1. The van der Waals surface area contributed by atoms with Gasteiger partial charge in [0.05, 0.1) is 13.2 Å². The lowest BCUT2D eigenvalue weighted by molar-refractivity contribution is -0.487. The van der Waals surface area contributed by atoms with Crippen LogP contribution in [-0.2, 0) is 11.3 Å². The van der Waals surface area contributed by atoms with Crippen LogP contribution in [-0.4, -0.2) is 34.3 Å². The van der Waals surface area contributed by atoms with E-state index in [0.717, 1.165) is 5.56 Å². The summed E-state index contributed by atoms with van der Waals surface area (Å²) in [5.74, 6) is 0. The SMILES string of the molecule is O=[N+]([O-])N=C1OCNCN1Cc1ccc(Cl)nc1. The van der Waals surface area contributed by atoms with Crippen LogP contribution in [0, 0.1) is 10.1 Å². The molecule has 1 aromatic heterocycles. The lowest BCUT2D eigenvalue weighted by Crippen LogP contribution is -2.47. The zero-order valence-electron chi connectivity index (χ0n) is 9.24. The molecule has 0 atom stereocenters. The number of aromatic nitrogens is 1. The van der Waals surface area contributed by atoms with Crippen LogP contribution in [0.25, 0.3) is 0 Å². The number of nitro groups is 1. The highest BCUT2D eigenvalue weighted by Gasteiger charge is 2.21. The summed E-state index contributed by atoms with van der Waals surface area (Å²) in [4.78, 5) is 15.9. The molecular formula is C9H10ClN5O3. The van der Waals surface area contributed by atoms with Crippen LogP contribution in [0.2, 0.25) is 5.15 Å².